The van der Waals surface area contributed by atoms with Crippen LogP contribution < -0.4 is 0 Å². The van der Waals surface area contributed by atoms with Crippen LogP contribution in [0.5, 0.6) is 0 Å². The van der Waals surface area contributed by atoms with Gasteiger partial charge in [-0.3, -0.25) is 0 Å². The highest BCUT2D eigenvalue weighted by molar-refractivity contribution is 5.84. The first-order valence-corrected chi connectivity index (χ1v) is 10.1. The van der Waals surface area contributed by atoms with Crippen LogP contribution in [0.25, 0.3) is 27.9 Å². The first-order valence-electron chi connectivity index (χ1n) is 10.1. The number of aromatic nitrogens is 2. The highest BCUT2D eigenvalue weighted by Gasteiger charge is 2.18. The molecule has 1 aliphatic carbocycles. The fraction of sp³-hybridized carbons (Fsp3) is 0.0741. The van der Waals surface area contributed by atoms with Gasteiger partial charge in [-0.1, -0.05) is 84.9 Å². The summed E-state index contributed by atoms with van der Waals surface area (Å²) in [4.78, 5) is 8.17. The topological polar surface area (TPSA) is 28.7 Å². The number of nitrogens with zero attached hydrogens (tertiary/aromatic N) is 1. The summed E-state index contributed by atoms with van der Waals surface area (Å²) in [5.74, 6) is 1.35. The lowest BCUT2D eigenvalue weighted by atomic mass is 9.91. The van der Waals surface area contributed by atoms with E-state index in [4.69, 9.17) is 4.98 Å². The molecule has 0 saturated carbocycles. The number of hydrogen-bond donors (Lipinski definition) is 1. The molecule has 1 atom stereocenters. The molecule has 1 aromatic heterocycles. The molecule has 1 aliphatic rings. The molecule has 138 valence electrons. The molecule has 29 heavy (non-hydrogen) atoms. The lowest BCUT2D eigenvalue weighted by Crippen LogP contribution is -1.96. The molecule has 0 amide bonds. The van der Waals surface area contributed by atoms with Gasteiger partial charge >= 0.3 is 0 Å². The molecule has 0 aliphatic heterocycles. The maximum atomic E-state index is 4.73. The molecule has 6 rings (SSSR count). The van der Waals surface area contributed by atoms with E-state index in [1.54, 1.807) is 0 Å². The van der Waals surface area contributed by atoms with Gasteiger partial charge in [-0.15, -0.1) is 0 Å². The molecular formula is C27H20N2. The van der Waals surface area contributed by atoms with E-state index in [9.17, 15) is 0 Å². The number of rotatable bonds is 3. The van der Waals surface area contributed by atoms with Gasteiger partial charge in [0, 0.05) is 12.3 Å². The van der Waals surface area contributed by atoms with Crippen molar-refractivity contribution in [3.8, 4) is 0 Å². The Hall–Kier alpha value is -3.65. The van der Waals surface area contributed by atoms with E-state index in [0.717, 1.165) is 23.3 Å². The summed E-state index contributed by atoms with van der Waals surface area (Å²) in [6, 6.07) is 30.4. The maximum Gasteiger partial charge on any atom is 0.111 e. The van der Waals surface area contributed by atoms with E-state index >= 15 is 0 Å². The molecule has 1 N–H and O–H groups in total. The second kappa shape index (κ2) is 6.46. The van der Waals surface area contributed by atoms with Gasteiger partial charge in [-0.25, -0.2) is 4.98 Å². The number of H-pyrrole nitrogens is 1. The molecule has 1 unspecified atom stereocenters. The summed E-state index contributed by atoms with van der Waals surface area (Å²) >= 11 is 0. The van der Waals surface area contributed by atoms with Crippen LogP contribution in [0.3, 0.4) is 0 Å². The van der Waals surface area contributed by atoms with Crippen molar-refractivity contribution in [2.45, 2.75) is 12.3 Å². The highest BCUT2D eigenvalue weighted by atomic mass is 14.9. The van der Waals surface area contributed by atoms with E-state index in [-0.39, 0.29) is 0 Å². The Morgan fingerprint density at radius 1 is 0.793 bits per heavy atom. The number of aromatic amines is 1. The van der Waals surface area contributed by atoms with E-state index in [2.05, 4.69) is 89.9 Å². The first kappa shape index (κ1) is 16.3. The third-order valence-electron chi connectivity index (χ3n) is 5.90. The smallest absolute Gasteiger partial charge is 0.111 e. The monoisotopic (exact) mass is 372 g/mol. The molecule has 0 spiro atoms. The summed E-state index contributed by atoms with van der Waals surface area (Å²) in [6.45, 7) is 0. The highest BCUT2D eigenvalue weighted by Crippen LogP contribution is 2.36. The van der Waals surface area contributed by atoms with E-state index in [0.29, 0.717) is 5.92 Å². The van der Waals surface area contributed by atoms with Crippen LogP contribution in [-0.2, 0) is 6.42 Å². The minimum Gasteiger partial charge on any atom is -0.342 e. The van der Waals surface area contributed by atoms with E-state index in [1.165, 1.54) is 33.0 Å². The molecule has 0 saturated heterocycles. The van der Waals surface area contributed by atoms with Crippen LogP contribution in [-0.4, -0.2) is 9.97 Å². The fourth-order valence-corrected chi connectivity index (χ4v) is 4.44. The Morgan fingerprint density at radius 2 is 1.66 bits per heavy atom. The third-order valence-corrected chi connectivity index (χ3v) is 5.90. The van der Waals surface area contributed by atoms with Gasteiger partial charge in [0.2, 0.25) is 0 Å². The van der Waals surface area contributed by atoms with Crippen molar-refractivity contribution in [3.05, 3.63) is 119 Å². The van der Waals surface area contributed by atoms with Crippen LogP contribution in [0.2, 0.25) is 0 Å². The summed E-state index contributed by atoms with van der Waals surface area (Å²) in [7, 11) is 0. The molecular weight excluding hydrogens is 352 g/mol. The van der Waals surface area contributed by atoms with Crippen molar-refractivity contribution in [2.24, 2.45) is 0 Å². The summed E-state index contributed by atoms with van der Waals surface area (Å²) in [5, 5.41) is 2.56. The number of nitrogens with one attached hydrogen (secondary N) is 1. The number of benzene rings is 4. The number of para-hydroxylation sites is 2. The Bertz CT molecular complexity index is 1360. The van der Waals surface area contributed by atoms with Crippen molar-refractivity contribution in [1.82, 2.24) is 9.97 Å². The normalized spacial score (nSPS) is 15.2. The average molecular weight is 372 g/mol. The lowest BCUT2D eigenvalue weighted by Gasteiger charge is -2.13. The zero-order valence-corrected chi connectivity index (χ0v) is 16.0. The Balaban J connectivity index is 1.36. The van der Waals surface area contributed by atoms with Crippen LogP contribution in [0.15, 0.2) is 91.0 Å². The van der Waals surface area contributed by atoms with Crippen molar-refractivity contribution in [2.75, 3.05) is 0 Å². The maximum absolute atomic E-state index is 4.73. The van der Waals surface area contributed by atoms with Crippen LogP contribution in [0, 0.1) is 0 Å². The third kappa shape index (κ3) is 2.85. The average Bonchev–Trinajstić information content (AvgIpc) is 3.37. The Morgan fingerprint density at radius 3 is 2.62 bits per heavy atom. The Labute approximate surface area is 169 Å². The van der Waals surface area contributed by atoms with E-state index < -0.39 is 0 Å². The van der Waals surface area contributed by atoms with E-state index in [1.807, 2.05) is 12.1 Å². The SMILES string of the molecule is C1=CC(c2ccc3ccc(Cc4nc5ccccc5[nH]4)cc3c2)c2ccccc21. The van der Waals surface area contributed by atoms with Gasteiger partial charge in [0.1, 0.15) is 5.82 Å². The molecule has 0 fully saturated rings. The largest absolute Gasteiger partial charge is 0.342 e. The predicted molar refractivity (Wildman–Crippen MR) is 120 cm³/mol. The standard InChI is InChI=1S/C27H20N2/c1-2-6-23-20(5-1)13-14-24(23)21-12-11-19-10-9-18(15-22(19)17-21)16-27-28-25-7-3-4-8-26(25)29-27/h1-15,17,24H,16H2,(H,28,29). The molecule has 5 aromatic rings. The van der Waals surface area contributed by atoms with Gasteiger partial charge in [-0.05, 0) is 45.2 Å². The molecule has 2 nitrogen and oxygen atoms in total. The lowest BCUT2D eigenvalue weighted by molar-refractivity contribution is 1.04. The summed E-state index contributed by atoms with van der Waals surface area (Å²) < 4.78 is 0. The second-order valence-corrected chi connectivity index (χ2v) is 7.78. The Kier molecular flexibility index (Phi) is 3.63. The molecule has 2 heteroatoms. The summed E-state index contributed by atoms with van der Waals surface area (Å²) in [5.41, 5.74) is 7.46. The summed E-state index contributed by atoms with van der Waals surface area (Å²) in [6.07, 6.45) is 5.35. The van der Waals surface area contributed by atoms with Gasteiger partial charge in [0.25, 0.3) is 0 Å². The number of hydrogen-bond acceptors (Lipinski definition) is 1. The van der Waals surface area contributed by atoms with Gasteiger partial charge in [-0.2, -0.15) is 0 Å². The van der Waals surface area contributed by atoms with Crippen molar-refractivity contribution >= 4 is 27.9 Å². The first-order chi connectivity index (χ1) is 14.3. The number of fused-ring (bicyclic) bond motifs is 3. The molecule has 0 bridgehead atoms. The quantitative estimate of drug-likeness (QED) is 0.386. The van der Waals surface area contributed by atoms with Crippen LogP contribution >= 0.6 is 0 Å². The molecule has 0 radical (unpaired) electrons. The number of imidazole rings is 1. The number of allylic oxidation sites excluding steroid dienone is 1. The van der Waals surface area contributed by atoms with Gasteiger partial charge in [0.15, 0.2) is 0 Å². The zero-order chi connectivity index (χ0) is 19.2. The van der Waals surface area contributed by atoms with Crippen molar-refractivity contribution in [1.29, 1.82) is 0 Å². The molecule has 1 heterocycles. The minimum atomic E-state index is 0.342. The second-order valence-electron chi connectivity index (χ2n) is 7.78. The fourth-order valence-electron chi connectivity index (χ4n) is 4.44. The predicted octanol–water partition coefficient (Wildman–Crippen LogP) is 6.47. The van der Waals surface area contributed by atoms with Crippen LogP contribution in [0.4, 0.5) is 0 Å². The van der Waals surface area contributed by atoms with Gasteiger partial charge < -0.3 is 4.98 Å². The van der Waals surface area contributed by atoms with Crippen molar-refractivity contribution < 1.29 is 0 Å². The zero-order valence-electron chi connectivity index (χ0n) is 16.0. The molecule has 4 aromatic carbocycles. The van der Waals surface area contributed by atoms with Crippen molar-refractivity contribution in [3.63, 3.8) is 0 Å². The van der Waals surface area contributed by atoms with Crippen LogP contribution in [0.1, 0.15) is 34.0 Å². The minimum absolute atomic E-state index is 0.342. The van der Waals surface area contributed by atoms with Gasteiger partial charge in [0.05, 0.1) is 11.0 Å².